The van der Waals surface area contributed by atoms with Crippen molar-refractivity contribution in [3.8, 4) is 28.6 Å². The van der Waals surface area contributed by atoms with E-state index in [0.29, 0.717) is 35.2 Å². The highest BCUT2D eigenvalue weighted by molar-refractivity contribution is 5.94. The van der Waals surface area contributed by atoms with Crippen LogP contribution < -0.4 is 9.47 Å². The Labute approximate surface area is 187 Å². The molecule has 0 atom stereocenters. The maximum absolute atomic E-state index is 12.8. The topological polar surface area (TPSA) is 64.6 Å². The van der Waals surface area contributed by atoms with Gasteiger partial charge in [-0.3, -0.25) is 4.79 Å². The zero-order valence-electron chi connectivity index (χ0n) is 17.9. The van der Waals surface area contributed by atoms with Crippen LogP contribution in [0.1, 0.15) is 15.9 Å². The number of carbonyl (C=O) groups is 1. The van der Waals surface area contributed by atoms with Crippen molar-refractivity contribution >= 4 is 5.91 Å². The van der Waals surface area contributed by atoms with Crippen LogP contribution in [0.3, 0.4) is 0 Å². The minimum Gasteiger partial charge on any atom is -0.493 e. The summed E-state index contributed by atoms with van der Waals surface area (Å²) in [5.74, 6) is 1.56. The number of aromatic nitrogens is 2. The highest BCUT2D eigenvalue weighted by atomic mass is 16.5. The van der Waals surface area contributed by atoms with Gasteiger partial charge in [-0.05, 0) is 29.8 Å². The Morgan fingerprint density at radius 1 is 0.875 bits per heavy atom. The van der Waals surface area contributed by atoms with Crippen molar-refractivity contribution in [3.05, 3.63) is 102 Å². The highest BCUT2D eigenvalue weighted by Crippen LogP contribution is 2.31. The zero-order chi connectivity index (χ0) is 22.3. The van der Waals surface area contributed by atoms with E-state index in [1.54, 1.807) is 25.1 Å². The van der Waals surface area contributed by atoms with Gasteiger partial charge in [0, 0.05) is 30.8 Å². The van der Waals surface area contributed by atoms with Crippen LogP contribution in [0, 0.1) is 0 Å². The van der Waals surface area contributed by atoms with Gasteiger partial charge in [0.2, 0.25) is 5.88 Å². The second-order valence-electron chi connectivity index (χ2n) is 7.22. The monoisotopic (exact) mass is 425 g/mol. The summed E-state index contributed by atoms with van der Waals surface area (Å²) in [6.45, 7) is 0.553. The Morgan fingerprint density at radius 2 is 1.56 bits per heavy atom. The maximum Gasteiger partial charge on any atom is 0.253 e. The van der Waals surface area contributed by atoms with Crippen LogP contribution in [0.15, 0.2) is 91.3 Å². The normalized spacial score (nSPS) is 10.4. The lowest BCUT2D eigenvalue weighted by Crippen LogP contribution is -2.26. The fraction of sp³-hybridized carbons (Fsp3) is 0.115. The average molecular weight is 425 g/mol. The zero-order valence-corrected chi connectivity index (χ0v) is 17.9. The highest BCUT2D eigenvalue weighted by Gasteiger charge is 2.13. The molecule has 0 aliphatic rings. The quantitative estimate of drug-likeness (QED) is 0.406. The predicted octanol–water partition coefficient (Wildman–Crippen LogP) is 5.22. The molecule has 1 amide bonds. The van der Waals surface area contributed by atoms with Crippen molar-refractivity contribution in [3.63, 3.8) is 0 Å². The van der Waals surface area contributed by atoms with Crippen molar-refractivity contribution in [1.29, 1.82) is 0 Å². The third-order valence-corrected chi connectivity index (χ3v) is 4.96. The average Bonchev–Trinajstić information content (AvgIpc) is 2.85. The molecule has 0 saturated carbocycles. The lowest BCUT2D eigenvalue weighted by Gasteiger charge is -2.17. The minimum atomic E-state index is -0.0386. The van der Waals surface area contributed by atoms with Crippen molar-refractivity contribution < 1.29 is 14.3 Å². The van der Waals surface area contributed by atoms with Crippen molar-refractivity contribution in [2.45, 2.75) is 6.54 Å². The molecule has 0 radical (unpaired) electrons. The van der Waals surface area contributed by atoms with Crippen molar-refractivity contribution in [2.75, 3.05) is 14.2 Å². The second-order valence-corrected chi connectivity index (χ2v) is 7.22. The predicted molar refractivity (Wildman–Crippen MR) is 123 cm³/mol. The summed E-state index contributed by atoms with van der Waals surface area (Å²) in [6, 6.07) is 26.4. The molecule has 0 fully saturated rings. The molecule has 4 rings (SSSR count). The molecule has 160 valence electrons. The Morgan fingerprint density at radius 3 is 2.28 bits per heavy atom. The van der Waals surface area contributed by atoms with Gasteiger partial charge in [-0.15, -0.1) is 0 Å². The van der Waals surface area contributed by atoms with Gasteiger partial charge in [-0.1, -0.05) is 54.6 Å². The molecule has 6 heteroatoms. The second kappa shape index (κ2) is 9.75. The summed E-state index contributed by atoms with van der Waals surface area (Å²) in [4.78, 5) is 23.0. The van der Waals surface area contributed by atoms with Crippen LogP contribution in [-0.2, 0) is 6.54 Å². The van der Waals surface area contributed by atoms with E-state index in [1.165, 1.54) is 6.33 Å². The lowest BCUT2D eigenvalue weighted by molar-refractivity contribution is 0.0785. The molecule has 32 heavy (non-hydrogen) atoms. The van der Waals surface area contributed by atoms with E-state index >= 15 is 0 Å². The molecule has 0 aliphatic carbocycles. The summed E-state index contributed by atoms with van der Waals surface area (Å²) in [6.07, 6.45) is 1.45. The number of ether oxygens (including phenoxy) is 2. The first-order valence-corrected chi connectivity index (χ1v) is 10.2. The van der Waals surface area contributed by atoms with E-state index in [4.69, 9.17) is 9.47 Å². The summed E-state index contributed by atoms with van der Waals surface area (Å²) in [7, 11) is 3.39. The molecule has 0 saturated heterocycles. The Bertz CT molecular complexity index is 1190. The number of nitrogens with zero attached hydrogens (tertiary/aromatic N) is 3. The molecule has 1 aromatic heterocycles. The third-order valence-electron chi connectivity index (χ3n) is 4.96. The fourth-order valence-electron chi connectivity index (χ4n) is 3.30. The molecular weight excluding hydrogens is 402 g/mol. The van der Waals surface area contributed by atoms with Crippen LogP contribution in [0.2, 0.25) is 0 Å². The van der Waals surface area contributed by atoms with Gasteiger partial charge < -0.3 is 14.4 Å². The first-order valence-electron chi connectivity index (χ1n) is 10.2. The number of para-hydroxylation sites is 2. The van der Waals surface area contributed by atoms with E-state index in [0.717, 1.165) is 11.1 Å². The molecule has 0 N–H and O–H groups in total. The van der Waals surface area contributed by atoms with Gasteiger partial charge in [0.15, 0.2) is 11.5 Å². The Balaban J connectivity index is 1.48. The lowest BCUT2D eigenvalue weighted by atomic mass is 10.1. The SMILES string of the molecule is COc1ccccc1Oc1cc(-c2ccc(C(=O)N(C)Cc3ccccc3)cc2)ncn1. The van der Waals surface area contributed by atoms with Crippen LogP contribution in [-0.4, -0.2) is 34.9 Å². The third kappa shape index (κ3) is 4.92. The van der Waals surface area contributed by atoms with Gasteiger partial charge in [0.25, 0.3) is 5.91 Å². The first-order chi connectivity index (χ1) is 15.6. The van der Waals surface area contributed by atoms with Gasteiger partial charge in [0.05, 0.1) is 12.8 Å². The summed E-state index contributed by atoms with van der Waals surface area (Å²) < 4.78 is 11.2. The molecule has 0 spiro atoms. The number of hydrogen-bond donors (Lipinski definition) is 0. The fourth-order valence-corrected chi connectivity index (χ4v) is 3.30. The van der Waals surface area contributed by atoms with Crippen LogP contribution >= 0.6 is 0 Å². The van der Waals surface area contributed by atoms with E-state index in [2.05, 4.69) is 9.97 Å². The molecule has 0 aliphatic heterocycles. The van der Waals surface area contributed by atoms with Crippen molar-refractivity contribution in [1.82, 2.24) is 14.9 Å². The van der Waals surface area contributed by atoms with E-state index < -0.39 is 0 Å². The number of rotatable bonds is 7. The minimum absolute atomic E-state index is 0.0386. The summed E-state index contributed by atoms with van der Waals surface area (Å²) in [5.41, 5.74) is 3.26. The van der Waals surface area contributed by atoms with Crippen LogP contribution in [0.5, 0.6) is 17.4 Å². The first kappa shape index (κ1) is 21.1. The van der Waals surface area contributed by atoms with E-state index in [-0.39, 0.29) is 5.91 Å². The number of methoxy groups -OCH3 is 1. The van der Waals surface area contributed by atoms with Gasteiger partial charge in [-0.25, -0.2) is 9.97 Å². The number of benzene rings is 3. The number of carbonyl (C=O) groups excluding carboxylic acids is 1. The molecule has 6 nitrogen and oxygen atoms in total. The number of hydrogen-bond acceptors (Lipinski definition) is 5. The maximum atomic E-state index is 12.8. The van der Waals surface area contributed by atoms with E-state index in [1.807, 2.05) is 78.9 Å². The smallest absolute Gasteiger partial charge is 0.253 e. The largest absolute Gasteiger partial charge is 0.493 e. The van der Waals surface area contributed by atoms with Gasteiger partial charge >= 0.3 is 0 Å². The molecule has 3 aromatic carbocycles. The van der Waals surface area contributed by atoms with E-state index in [9.17, 15) is 4.79 Å². The van der Waals surface area contributed by atoms with Crippen LogP contribution in [0.25, 0.3) is 11.3 Å². The molecular formula is C26H23N3O3. The Hall–Kier alpha value is -4.19. The standard InChI is InChI=1S/C26H23N3O3/c1-29(17-19-8-4-3-5-9-19)26(30)21-14-12-20(13-15-21)22-16-25(28-18-27-22)32-24-11-7-6-10-23(24)31-2/h3-16,18H,17H2,1-2H3. The van der Waals surface area contributed by atoms with Gasteiger partial charge in [-0.2, -0.15) is 0 Å². The molecule has 0 unspecified atom stereocenters. The summed E-state index contributed by atoms with van der Waals surface area (Å²) in [5, 5.41) is 0. The molecule has 4 aromatic rings. The van der Waals surface area contributed by atoms with Crippen molar-refractivity contribution in [2.24, 2.45) is 0 Å². The molecule has 0 bridgehead atoms. The number of amides is 1. The molecule has 1 heterocycles. The summed E-state index contributed by atoms with van der Waals surface area (Å²) >= 11 is 0. The van der Waals surface area contributed by atoms with Gasteiger partial charge in [0.1, 0.15) is 6.33 Å². The Kier molecular flexibility index (Phi) is 6.41. The van der Waals surface area contributed by atoms with Crippen LogP contribution in [0.4, 0.5) is 0 Å².